The van der Waals surface area contributed by atoms with E-state index in [4.69, 9.17) is 0 Å². The maximum atomic E-state index is 9.20. The van der Waals surface area contributed by atoms with Gasteiger partial charge < -0.3 is 5.11 Å². The van der Waals surface area contributed by atoms with Gasteiger partial charge in [0.15, 0.2) is 0 Å². The van der Waals surface area contributed by atoms with Crippen LogP contribution in [-0.2, 0) is 0 Å². The van der Waals surface area contributed by atoms with Gasteiger partial charge in [0, 0.05) is 6.54 Å². The molecular weight excluding hydrogens is 114 g/mol. The Labute approximate surface area is 55.8 Å². The Bertz CT molecular complexity index is 131. The highest BCUT2D eigenvalue weighted by molar-refractivity contribution is 5.05. The molecule has 0 aromatic heterocycles. The van der Waals surface area contributed by atoms with Crippen LogP contribution in [0.2, 0.25) is 0 Å². The first-order valence-electron chi connectivity index (χ1n) is 3.26. The molecule has 1 unspecified atom stereocenters. The Kier molecular flexibility index (Phi) is 1.88. The fraction of sp³-hybridized carbons (Fsp3) is 0.714. The van der Waals surface area contributed by atoms with Crippen molar-refractivity contribution in [3.05, 3.63) is 11.6 Å². The van der Waals surface area contributed by atoms with Gasteiger partial charge in [-0.05, 0) is 26.5 Å². The standard InChI is InChI=1S/C7H13NO/c1-6-3-4-8(2)7(9)5-6/h5,7,9H,3-4H2,1-2H3. The second-order valence-corrected chi connectivity index (χ2v) is 2.66. The molecule has 9 heavy (non-hydrogen) atoms. The smallest absolute Gasteiger partial charge is 0.126 e. The van der Waals surface area contributed by atoms with Crippen LogP contribution in [0.25, 0.3) is 0 Å². The summed E-state index contributed by atoms with van der Waals surface area (Å²) in [7, 11) is 1.92. The first kappa shape index (κ1) is 6.78. The van der Waals surface area contributed by atoms with E-state index < -0.39 is 0 Å². The average molecular weight is 127 g/mol. The van der Waals surface area contributed by atoms with E-state index in [2.05, 4.69) is 6.92 Å². The average Bonchev–Trinajstić information content (AvgIpc) is 1.80. The summed E-state index contributed by atoms with van der Waals surface area (Å²) in [5.41, 5.74) is 1.29. The monoisotopic (exact) mass is 127 g/mol. The van der Waals surface area contributed by atoms with E-state index in [0.717, 1.165) is 13.0 Å². The third kappa shape index (κ3) is 1.53. The first-order chi connectivity index (χ1) is 4.20. The summed E-state index contributed by atoms with van der Waals surface area (Å²) in [6.07, 6.45) is 2.63. The van der Waals surface area contributed by atoms with Crippen LogP contribution in [0.15, 0.2) is 11.6 Å². The molecule has 0 bridgehead atoms. The molecule has 0 amide bonds. The van der Waals surface area contributed by atoms with Gasteiger partial charge in [0.2, 0.25) is 0 Å². The van der Waals surface area contributed by atoms with E-state index in [9.17, 15) is 5.11 Å². The van der Waals surface area contributed by atoms with Crippen molar-refractivity contribution in [3.8, 4) is 0 Å². The molecule has 2 nitrogen and oxygen atoms in total. The van der Waals surface area contributed by atoms with Crippen molar-refractivity contribution >= 4 is 0 Å². The van der Waals surface area contributed by atoms with Gasteiger partial charge in [-0.25, -0.2) is 0 Å². The molecule has 0 saturated carbocycles. The van der Waals surface area contributed by atoms with Crippen molar-refractivity contribution < 1.29 is 5.11 Å². The molecule has 1 aliphatic heterocycles. The second-order valence-electron chi connectivity index (χ2n) is 2.66. The number of aliphatic hydroxyl groups excluding tert-OH is 1. The topological polar surface area (TPSA) is 23.5 Å². The van der Waals surface area contributed by atoms with Crippen molar-refractivity contribution in [1.82, 2.24) is 4.90 Å². The summed E-state index contributed by atoms with van der Waals surface area (Å²) in [5.74, 6) is 0. The van der Waals surface area contributed by atoms with Crippen molar-refractivity contribution in [3.63, 3.8) is 0 Å². The van der Waals surface area contributed by atoms with Crippen LogP contribution in [0.1, 0.15) is 13.3 Å². The maximum Gasteiger partial charge on any atom is 0.126 e. The zero-order valence-electron chi connectivity index (χ0n) is 5.96. The van der Waals surface area contributed by atoms with E-state index in [1.807, 2.05) is 18.0 Å². The molecule has 0 saturated heterocycles. The van der Waals surface area contributed by atoms with E-state index >= 15 is 0 Å². The second kappa shape index (κ2) is 2.50. The molecule has 0 spiro atoms. The minimum Gasteiger partial charge on any atom is -0.375 e. The van der Waals surface area contributed by atoms with Gasteiger partial charge in [-0.1, -0.05) is 5.57 Å². The highest BCUT2D eigenvalue weighted by Crippen LogP contribution is 2.11. The summed E-state index contributed by atoms with van der Waals surface area (Å²) >= 11 is 0. The van der Waals surface area contributed by atoms with Crippen LogP contribution < -0.4 is 0 Å². The van der Waals surface area contributed by atoms with Gasteiger partial charge in [-0.3, -0.25) is 4.90 Å². The lowest BCUT2D eigenvalue weighted by Gasteiger charge is -2.25. The van der Waals surface area contributed by atoms with Crippen molar-refractivity contribution in [2.24, 2.45) is 0 Å². The Hall–Kier alpha value is -0.340. The quantitative estimate of drug-likeness (QED) is 0.481. The van der Waals surface area contributed by atoms with E-state index in [1.54, 1.807) is 0 Å². The Morgan fingerprint density at radius 3 is 2.89 bits per heavy atom. The minimum absolute atomic E-state index is 0.348. The van der Waals surface area contributed by atoms with Crippen molar-refractivity contribution in [2.75, 3.05) is 13.6 Å². The molecular formula is C7H13NO. The van der Waals surface area contributed by atoms with E-state index in [1.165, 1.54) is 5.57 Å². The molecule has 0 aromatic rings. The van der Waals surface area contributed by atoms with Gasteiger partial charge in [0.1, 0.15) is 6.23 Å². The maximum absolute atomic E-state index is 9.20. The molecule has 0 fully saturated rings. The largest absolute Gasteiger partial charge is 0.375 e. The van der Waals surface area contributed by atoms with Crippen LogP contribution in [-0.4, -0.2) is 29.8 Å². The van der Waals surface area contributed by atoms with Gasteiger partial charge in [0.05, 0.1) is 0 Å². The molecule has 1 atom stereocenters. The molecule has 0 aliphatic carbocycles. The first-order valence-corrected chi connectivity index (χ1v) is 3.26. The minimum atomic E-state index is -0.348. The zero-order chi connectivity index (χ0) is 6.85. The van der Waals surface area contributed by atoms with E-state index in [0.29, 0.717) is 0 Å². The SMILES string of the molecule is CC1=CC(O)N(C)CC1. The van der Waals surface area contributed by atoms with Gasteiger partial charge >= 0.3 is 0 Å². The molecule has 0 radical (unpaired) electrons. The lowest BCUT2D eigenvalue weighted by atomic mass is 10.1. The fourth-order valence-electron chi connectivity index (χ4n) is 0.950. The zero-order valence-corrected chi connectivity index (χ0v) is 5.96. The molecule has 2 heteroatoms. The number of likely N-dealkylation sites (N-methyl/N-ethyl adjacent to an activating group) is 1. The highest BCUT2D eigenvalue weighted by Gasteiger charge is 2.12. The molecule has 1 rings (SSSR count). The molecule has 1 heterocycles. The number of aliphatic hydroxyl groups is 1. The molecule has 52 valence electrons. The molecule has 0 aromatic carbocycles. The normalized spacial score (nSPS) is 30.1. The number of nitrogens with zero attached hydrogens (tertiary/aromatic N) is 1. The predicted molar refractivity (Wildman–Crippen MR) is 37.0 cm³/mol. The van der Waals surface area contributed by atoms with Crippen LogP contribution in [0, 0.1) is 0 Å². The third-order valence-corrected chi connectivity index (χ3v) is 1.74. The van der Waals surface area contributed by atoms with Crippen LogP contribution >= 0.6 is 0 Å². The van der Waals surface area contributed by atoms with E-state index in [-0.39, 0.29) is 6.23 Å². The number of hydrogen-bond acceptors (Lipinski definition) is 2. The Morgan fingerprint density at radius 2 is 2.44 bits per heavy atom. The fourth-order valence-corrected chi connectivity index (χ4v) is 0.950. The van der Waals surface area contributed by atoms with Gasteiger partial charge in [-0.2, -0.15) is 0 Å². The lowest BCUT2D eigenvalue weighted by Crippen LogP contribution is -2.33. The molecule has 1 N–H and O–H groups in total. The van der Waals surface area contributed by atoms with Crippen LogP contribution in [0.4, 0.5) is 0 Å². The molecule has 1 aliphatic rings. The number of hydrogen-bond donors (Lipinski definition) is 1. The highest BCUT2D eigenvalue weighted by atomic mass is 16.3. The summed E-state index contributed by atoms with van der Waals surface area (Å²) < 4.78 is 0. The summed E-state index contributed by atoms with van der Waals surface area (Å²) in [5, 5.41) is 9.20. The van der Waals surface area contributed by atoms with Crippen molar-refractivity contribution in [2.45, 2.75) is 19.6 Å². The van der Waals surface area contributed by atoms with Crippen LogP contribution in [0.5, 0.6) is 0 Å². The van der Waals surface area contributed by atoms with Gasteiger partial charge in [0.25, 0.3) is 0 Å². The van der Waals surface area contributed by atoms with Crippen molar-refractivity contribution in [1.29, 1.82) is 0 Å². The van der Waals surface area contributed by atoms with Crippen LogP contribution in [0.3, 0.4) is 0 Å². The Balaban J connectivity index is 2.58. The number of rotatable bonds is 0. The third-order valence-electron chi connectivity index (χ3n) is 1.74. The predicted octanol–water partition coefficient (Wildman–Crippen LogP) is 0.587. The summed E-state index contributed by atoms with van der Waals surface area (Å²) in [4.78, 5) is 1.92. The summed E-state index contributed by atoms with van der Waals surface area (Å²) in [6.45, 7) is 3.03. The summed E-state index contributed by atoms with van der Waals surface area (Å²) in [6, 6.07) is 0. The lowest BCUT2D eigenvalue weighted by molar-refractivity contribution is 0.0558. The Morgan fingerprint density at radius 1 is 1.78 bits per heavy atom. The van der Waals surface area contributed by atoms with Gasteiger partial charge in [-0.15, -0.1) is 0 Å².